The Morgan fingerprint density at radius 3 is 1.53 bits per heavy atom. The molecule has 0 aliphatic rings. The van der Waals surface area contributed by atoms with E-state index in [0.29, 0.717) is 17.4 Å². The van der Waals surface area contributed by atoms with Crippen LogP contribution in [-0.2, 0) is 27.9 Å². The van der Waals surface area contributed by atoms with Gasteiger partial charge in [-0.25, -0.2) is 4.57 Å². The molecule has 57 heavy (non-hydrogen) atoms. The van der Waals surface area contributed by atoms with Crippen molar-refractivity contribution >= 4 is 13.8 Å². The molecule has 0 aliphatic heterocycles. The molecule has 0 heterocycles. The van der Waals surface area contributed by atoms with Crippen molar-refractivity contribution in [2.24, 2.45) is 0 Å². The van der Waals surface area contributed by atoms with Gasteiger partial charge < -0.3 is 18.9 Å². The summed E-state index contributed by atoms with van der Waals surface area (Å²) in [5.74, 6) is -0.393. The molecule has 0 aromatic carbocycles. The van der Waals surface area contributed by atoms with E-state index < -0.39 is 19.9 Å². The minimum atomic E-state index is -4.31. The van der Waals surface area contributed by atoms with Crippen LogP contribution in [0.3, 0.4) is 0 Å². The van der Waals surface area contributed by atoms with Gasteiger partial charge in [0.05, 0.1) is 34.0 Å². The number of hydrogen-bond acceptors (Lipinski definition) is 6. The van der Waals surface area contributed by atoms with Crippen molar-refractivity contribution in [3.05, 3.63) is 73.1 Å². The first kappa shape index (κ1) is 54.8. The Bertz CT molecular complexity index is 1140. The van der Waals surface area contributed by atoms with Crippen LogP contribution in [-0.4, -0.2) is 69.0 Å². The summed E-state index contributed by atoms with van der Waals surface area (Å²) < 4.78 is 34.7. The zero-order chi connectivity index (χ0) is 42.0. The quantitative estimate of drug-likeness (QED) is 0.0164. The summed E-state index contributed by atoms with van der Waals surface area (Å²) in [4.78, 5) is 22.9. The first-order valence-electron chi connectivity index (χ1n) is 22.7. The van der Waals surface area contributed by atoms with E-state index in [-0.39, 0.29) is 26.2 Å². The Kier molecular flexibility index (Phi) is 39.0. The van der Waals surface area contributed by atoms with Gasteiger partial charge in [-0.1, -0.05) is 171 Å². The van der Waals surface area contributed by atoms with Gasteiger partial charge in [0.25, 0.3) is 0 Å². The number of esters is 1. The molecule has 0 aromatic rings. The van der Waals surface area contributed by atoms with Crippen LogP contribution in [0.25, 0.3) is 0 Å². The third kappa shape index (κ3) is 44.7. The fraction of sp³-hybridized carbons (Fsp3) is 0.729. The van der Waals surface area contributed by atoms with Gasteiger partial charge in [0, 0.05) is 6.42 Å². The maximum atomic E-state index is 12.7. The minimum absolute atomic E-state index is 0.0227. The van der Waals surface area contributed by atoms with Gasteiger partial charge in [0.1, 0.15) is 19.8 Å². The summed E-state index contributed by atoms with van der Waals surface area (Å²) in [6.45, 7) is 4.75. The summed E-state index contributed by atoms with van der Waals surface area (Å²) in [6.07, 6.45) is 53.3. The molecule has 1 unspecified atom stereocenters. The molecule has 0 saturated carbocycles. The van der Waals surface area contributed by atoms with Crippen molar-refractivity contribution in [1.29, 1.82) is 0 Å². The lowest BCUT2D eigenvalue weighted by molar-refractivity contribution is -0.870. The lowest BCUT2D eigenvalue weighted by Gasteiger charge is -2.24. The van der Waals surface area contributed by atoms with Crippen LogP contribution in [0.5, 0.6) is 0 Å². The first-order chi connectivity index (χ1) is 27.6. The molecule has 0 aromatic heterocycles. The Morgan fingerprint density at radius 1 is 0.579 bits per heavy atom. The van der Waals surface area contributed by atoms with E-state index >= 15 is 0 Å². The second-order valence-corrected chi connectivity index (χ2v) is 17.6. The SMILES string of the molecule is CC/C=C\C/C=C\C/C=C\C/C=C\C/C=C\CCCC(=O)O[C@H](CO/C=C\CCCCCCCCCCCCCCCCCC)COP(=O)(O)OCC[N+](C)(C)C. The number of likely N-dealkylation sites (N-methyl/N-ethyl adjacent to an activating group) is 1. The van der Waals surface area contributed by atoms with E-state index in [1.54, 1.807) is 6.26 Å². The molecule has 9 heteroatoms. The largest absolute Gasteiger partial charge is 0.498 e. The lowest BCUT2D eigenvalue weighted by Crippen LogP contribution is -2.37. The van der Waals surface area contributed by atoms with E-state index in [2.05, 4.69) is 74.6 Å². The maximum absolute atomic E-state index is 12.7. The summed E-state index contributed by atoms with van der Waals surface area (Å²) in [5.41, 5.74) is 0. The molecule has 330 valence electrons. The highest BCUT2D eigenvalue weighted by Gasteiger charge is 2.26. The average molecular weight is 821 g/mol. The normalized spacial score (nSPS) is 14.4. The highest BCUT2D eigenvalue weighted by atomic mass is 31.2. The monoisotopic (exact) mass is 821 g/mol. The molecular weight excluding hydrogens is 734 g/mol. The van der Waals surface area contributed by atoms with E-state index in [4.69, 9.17) is 18.5 Å². The molecule has 0 amide bonds. The molecule has 0 spiro atoms. The summed E-state index contributed by atoms with van der Waals surface area (Å²) >= 11 is 0. The number of phosphoric acid groups is 1. The molecule has 1 N–H and O–H groups in total. The standard InChI is InChI=1S/C48H86NO7P/c1-6-8-10-12-14-16-18-20-22-24-26-28-30-32-34-36-38-40-43-53-45-47(46-55-57(51,52)54-44-42-49(3,4)5)56-48(50)41-39-37-35-33-31-29-27-25-23-21-19-17-15-13-11-9-7-2/h9,11,15,17,21,23,27,29,33,35,40,43,47H,6-8,10,12-14,16,18-20,22,24-26,28,30-32,34,36-39,41-42,44-46H2,1-5H3/p+1/b11-9-,17-15-,23-21-,29-27-,35-33-,43-40-/t47-/m1/s1. The van der Waals surface area contributed by atoms with Crippen LogP contribution in [0.15, 0.2) is 73.1 Å². The van der Waals surface area contributed by atoms with Crippen LogP contribution in [0.4, 0.5) is 0 Å². The number of hydrogen-bond donors (Lipinski definition) is 1. The molecule has 0 aliphatic carbocycles. The van der Waals surface area contributed by atoms with Gasteiger partial charge >= 0.3 is 13.8 Å². The van der Waals surface area contributed by atoms with Crippen LogP contribution in [0, 0.1) is 0 Å². The predicted octanol–water partition coefficient (Wildman–Crippen LogP) is 13.8. The first-order valence-corrected chi connectivity index (χ1v) is 24.2. The van der Waals surface area contributed by atoms with Gasteiger partial charge in [-0.05, 0) is 63.9 Å². The fourth-order valence-electron chi connectivity index (χ4n) is 5.85. The van der Waals surface area contributed by atoms with Crippen molar-refractivity contribution < 1.29 is 37.3 Å². The molecular formula is C48H87NO7P+. The number of allylic oxidation sites excluding steroid dienone is 11. The van der Waals surface area contributed by atoms with Crippen LogP contribution in [0.2, 0.25) is 0 Å². The topological polar surface area (TPSA) is 91.3 Å². The highest BCUT2D eigenvalue weighted by molar-refractivity contribution is 7.47. The van der Waals surface area contributed by atoms with Gasteiger partial charge in [-0.2, -0.15) is 0 Å². The van der Waals surface area contributed by atoms with Crippen molar-refractivity contribution in [2.45, 2.75) is 180 Å². The van der Waals surface area contributed by atoms with Crippen molar-refractivity contribution in [3.8, 4) is 0 Å². The number of carbonyl (C=O) groups excluding carboxylic acids is 1. The Labute approximate surface area is 351 Å². The number of phosphoric ester groups is 1. The summed E-state index contributed by atoms with van der Waals surface area (Å²) in [7, 11) is 1.59. The number of carbonyl (C=O) groups is 1. The van der Waals surface area contributed by atoms with Gasteiger partial charge in [0.2, 0.25) is 0 Å². The molecule has 0 radical (unpaired) electrons. The van der Waals surface area contributed by atoms with Gasteiger partial charge in [-0.15, -0.1) is 0 Å². The predicted molar refractivity (Wildman–Crippen MR) is 242 cm³/mol. The smallest absolute Gasteiger partial charge is 0.472 e. The van der Waals surface area contributed by atoms with Gasteiger partial charge in [-0.3, -0.25) is 13.8 Å². The van der Waals surface area contributed by atoms with Crippen LogP contribution in [0.1, 0.15) is 174 Å². The molecule has 8 nitrogen and oxygen atoms in total. The van der Waals surface area contributed by atoms with Crippen molar-refractivity contribution in [1.82, 2.24) is 0 Å². The molecule has 0 bridgehead atoms. The third-order valence-corrected chi connectivity index (χ3v) is 10.3. The number of ether oxygens (including phenoxy) is 2. The number of rotatable bonds is 41. The van der Waals surface area contributed by atoms with Crippen molar-refractivity contribution in [2.75, 3.05) is 47.5 Å². The van der Waals surface area contributed by atoms with E-state index in [0.717, 1.165) is 51.4 Å². The zero-order valence-electron chi connectivity index (χ0n) is 37.3. The van der Waals surface area contributed by atoms with E-state index in [9.17, 15) is 14.3 Å². The van der Waals surface area contributed by atoms with E-state index in [1.165, 1.54) is 96.3 Å². The highest BCUT2D eigenvalue weighted by Crippen LogP contribution is 2.43. The average Bonchev–Trinajstić information content (AvgIpc) is 3.16. The Balaban J connectivity index is 4.36. The third-order valence-electron chi connectivity index (χ3n) is 9.35. The van der Waals surface area contributed by atoms with E-state index in [1.807, 2.05) is 27.2 Å². The van der Waals surface area contributed by atoms with Crippen LogP contribution >= 0.6 is 7.82 Å². The number of unbranched alkanes of at least 4 members (excludes halogenated alkanes) is 17. The second-order valence-electron chi connectivity index (χ2n) is 16.1. The van der Waals surface area contributed by atoms with Gasteiger partial charge in [0.15, 0.2) is 6.10 Å². The summed E-state index contributed by atoms with van der Waals surface area (Å²) in [6, 6.07) is 0. The second kappa shape index (κ2) is 40.6. The minimum Gasteiger partial charge on any atom is -0.498 e. The number of nitrogens with zero attached hydrogens (tertiary/aromatic N) is 1. The molecule has 0 fully saturated rings. The zero-order valence-corrected chi connectivity index (χ0v) is 38.2. The molecule has 0 rings (SSSR count). The Hall–Kier alpha value is -2.22. The van der Waals surface area contributed by atoms with Crippen LogP contribution < -0.4 is 0 Å². The maximum Gasteiger partial charge on any atom is 0.472 e. The number of quaternary nitrogens is 1. The molecule has 0 saturated heterocycles. The van der Waals surface area contributed by atoms with Crippen molar-refractivity contribution in [3.63, 3.8) is 0 Å². The lowest BCUT2D eigenvalue weighted by atomic mass is 10.0. The summed E-state index contributed by atoms with van der Waals surface area (Å²) in [5, 5.41) is 0. The Morgan fingerprint density at radius 2 is 1.04 bits per heavy atom. The fourth-order valence-corrected chi connectivity index (χ4v) is 6.59. The molecule has 2 atom stereocenters.